The largest absolute Gasteiger partial charge is 0.481 e. The van der Waals surface area contributed by atoms with Crippen molar-refractivity contribution in [2.24, 2.45) is 0 Å². The van der Waals surface area contributed by atoms with Gasteiger partial charge in [-0.05, 0) is 29.7 Å². The standard InChI is InChI=1S/C14H17N3O/c1-11-5-6-15-9-13(11)10-16-7-12-3-4-14(18-2)17-8-12/h3-6,8-9,16H,7,10H2,1-2H3. The normalized spacial score (nSPS) is 10.3. The minimum atomic E-state index is 0.641. The fraction of sp³-hybridized carbons (Fsp3) is 0.286. The summed E-state index contributed by atoms with van der Waals surface area (Å²) in [6.07, 6.45) is 5.53. The molecule has 0 amide bonds. The van der Waals surface area contributed by atoms with Crippen LogP contribution >= 0.6 is 0 Å². The Morgan fingerprint density at radius 3 is 2.72 bits per heavy atom. The Labute approximate surface area is 107 Å². The second-order valence-corrected chi connectivity index (χ2v) is 4.11. The molecule has 0 radical (unpaired) electrons. The van der Waals surface area contributed by atoms with Gasteiger partial charge >= 0.3 is 0 Å². The first-order valence-corrected chi connectivity index (χ1v) is 5.88. The lowest BCUT2D eigenvalue weighted by atomic mass is 10.1. The fourth-order valence-corrected chi connectivity index (χ4v) is 1.66. The lowest BCUT2D eigenvalue weighted by molar-refractivity contribution is 0.397. The summed E-state index contributed by atoms with van der Waals surface area (Å²) >= 11 is 0. The summed E-state index contributed by atoms with van der Waals surface area (Å²) < 4.78 is 5.02. The third kappa shape index (κ3) is 3.28. The number of nitrogens with one attached hydrogen (secondary N) is 1. The van der Waals surface area contributed by atoms with Gasteiger partial charge in [0.1, 0.15) is 0 Å². The summed E-state index contributed by atoms with van der Waals surface area (Å²) in [4.78, 5) is 8.29. The van der Waals surface area contributed by atoms with Gasteiger partial charge in [-0.15, -0.1) is 0 Å². The molecule has 18 heavy (non-hydrogen) atoms. The van der Waals surface area contributed by atoms with Gasteiger partial charge in [0.25, 0.3) is 0 Å². The highest BCUT2D eigenvalue weighted by Crippen LogP contribution is 2.07. The third-order valence-corrected chi connectivity index (χ3v) is 2.80. The SMILES string of the molecule is COc1ccc(CNCc2cnccc2C)cn1. The van der Waals surface area contributed by atoms with Crippen molar-refractivity contribution in [1.29, 1.82) is 0 Å². The summed E-state index contributed by atoms with van der Waals surface area (Å²) in [5, 5.41) is 3.38. The first-order valence-electron chi connectivity index (χ1n) is 5.88. The quantitative estimate of drug-likeness (QED) is 0.873. The van der Waals surface area contributed by atoms with Crippen molar-refractivity contribution >= 4 is 0 Å². The molecule has 0 aliphatic heterocycles. The van der Waals surface area contributed by atoms with Crippen LogP contribution in [-0.4, -0.2) is 17.1 Å². The maximum atomic E-state index is 5.02. The zero-order chi connectivity index (χ0) is 12.8. The van der Waals surface area contributed by atoms with Gasteiger partial charge in [-0.2, -0.15) is 0 Å². The molecule has 0 unspecified atom stereocenters. The molecular formula is C14H17N3O. The van der Waals surface area contributed by atoms with Gasteiger partial charge in [0.15, 0.2) is 0 Å². The Hall–Kier alpha value is -1.94. The average molecular weight is 243 g/mol. The monoisotopic (exact) mass is 243 g/mol. The van der Waals surface area contributed by atoms with Gasteiger partial charge in [0.05, 0.1) is 7.11 Å². The fourth-order valence-electron chi connectivity index (χ4n) is 1.66. The van der Waals surface area contributed by atoms with Crippen molar-refractivity contribution < 1.29 is 4.74 Å². The topological polar surface area (TPSA) is 47.0 Å². The van der Waals surface area contributed by atoms with E-state index in [2.05, 4.69) is 22.2 Å². The molecule has 0 aliphatic rings. The van der Waals surface area contributed by atoms with Crippen LogP contribution in [0.5, 0.6) is 5.88 Å². The van der Waals surface area contributed by atoms with Crippen molar-refractivity contribution in [3.8, 4) is 5.88 Å². The average Bonchev–Trinajstić information content (AvgIpc) is 2.42. The molecule has 2 rings (SSSR count). The first-order chi connectivity index (χ1) is 8.79. The lowest BCUT2D eigenvalue weighted by Crippen LogP contribution is -2.13. The number of aryl methyl sites for hydroxylation is 1. The summed E-state index contributed by atoms with van der Waals surface area (Å²) in [6, 6.07) is 5.90. The second-order valence-electron chi connectivity index (χ2n) is 4.11. The van der Waals surface area contributed by atoms with E-state index in [9.17, 15) is 0 Å². The van der Waals surface area contributed by atoms with Gasteiger partial charge in [-0.25, -0.2) is 4.98 Å². The number of nitrogens with zero attached hydrogens (tertiary/aromatic N) is 2. The number of methoxy groups -OCH3 is 1. The molecule has 0 aliphatic carbocycles. The molecule has 0 saturated carbocycles. The molecule has 2 heterocycles. The van der Waals surface area contributed by atoms with Crippen molar-refractivity contribution in [2.45, 2.75) is 20.0 Å². The van der Waals surface area contributed by atoms with Crippen LogP contribution in [0.1, 0.15) is 16.7 Å². The minimum absolute atomic E-state index is 0.641. The second kappa shape index (κ2) is 6.12. The van der Waals surface area contributed by atoms with E-state index in [1.165, 1.54) is 11.1 Å². The van der Waals surface area contributed by atoms with Crippen molar-refractivity contribution in [3.05, 3.63) is 53.5 Å². The zero-order valence-corrected chi connectivity index (χ0v) is 10.7. The van der Waals surface area contributed by atoms with Crippen LogP contribution in [0.15, 0.2) is 36.8 Å². The van der Waals surface area contributed by atoms with Crippen LogP contribution in [0.4, 0.5) is 0 Å². The molecule has 4 nitrogen and oxygen atoms in total. The Kier molecular flexibility index (Phi) is 4.25. The molecule has 0 aromatic carbocycles. The van der Waals surface area contributed by atoms with Crippen LogP contribution in [0.2, 0.25) is 0 Å². The van der Waals surface area contributed by atoms with Crippen molar-refractivity contribution in [3.63, 3.8) is 0 Å². The van der Waals surface area contributed by atoms with E-state index in [0.717, 1.165) is 18.7 Å². The molecule has 1 N–H and O–H groups in total. The molecule has 4 heteroatoms. The minimum Gasteiger partial charge on any atom is -0.481 e. The number of aromatic nitrogens is 2. The number of pyridine rings is 2. The van der Waals surface area contributed by atoms with Gasteiger partial charge in [0, 0.05) is 37.7 Å². The molecule has 2 aromatic rings. The Balaban J connectivity index is 1.86. The molecular weight excluding hydrogens is 226 g/mol. The van der Waals surface area contributed by atoms with Crippen molar-refractivity contribution in [1.82, 2.24) is 15.3 Å². The Morgan fingerprint density at radius 1 is 1.17 bits per heavy atom. The number of rotatable bonds is 5. The highest BCUT2D eigenvalue weighted by Gasteiger charge is 1.98. The Morgan fingerprint density at radius 2 is 2.06 bits per heavy atom. The van der Waals surface area contributed by atoms with Gasteiger partial charge in [-0.3, -0.25) is 4.98 Å². The van der Waals surface area contributed by atoms with E-state index in [1.54, 1.807) is 7.11 Å². The predicted molar refractivity (Wildman–Crippen MR) is 70.3 cm³/mol. The highest BCUT2D eigenvalue weighted by molar-refractivity contribution is 5.21. The maximum absolute atomic E-state index is 5.02. The van der Waals surface area contributed by atoms with Crippen LogP contribution in [0, 0.1) is 6.92 Å². The first kappa shape index (κ1) is 12.5. The van der Waals surface area contributed by atoms with E-state index in [4.69, 9.17) is 4.74 Å². The third-order valence-electron chi connectivity index (χ3n) is 2.80. The number of ether oxygens (including phenoxy) is 1. The maximum Gasteiger partial charge on any atom is 0.212 e. The molecule has 0 spiro atoms. The van der Waals surface area contributed by atoms with Gasteiger partial charge < -0.3 is 10.1 Å². The predicted octanol–water partition coefficient (Wildman–Crippen LogP) is 2.08. The number of hydrogen-bond acceptors (Lipinski definition) is 4. The summed E-state index contributed by atoms with van der Waals surface area (Å²) in [7, 11) is 1.62. The Bertz CT molecular complexity index is 497. The molecule has 0 bridgehead atoms. The van der Waals surface area contributed by atoms with Crippen LogP contribution < -0.4 is 10.1 Å². The van der Waals surface area contributed by atoms with Gasteiger partial charge in [-0.1, -0.05) is 6.07 Å². The van der Waals surface area contributed by atoms with Gasteiger partial charge in [0.2, 0.25) is 5.88 Å². The van der Waals surface area contributed by atoms with E-state index >= 15 is 0 Å². The van der Waals surface area contributed by atoms with E-state index < -0.39 is 0 Å². The summed E-state index contributed by atoms with van der Waals surface area (Å²) in [5.41, 5.74) is 3.61. The van der Waals surface area contributed by atoms with E-state index in [0.29, 0.717) is 5.88 Å². The smallest absolute Gasteiger partial charge is 0.212 e. The van der Waals surface area contributed by atoms with Crippen molar-refractivity contribution in [2.75, 3.05) is 7.11 Å². The summed E-state index contributed by atoms with van der Waals surface area (Å²) in [6.45, 7) is 3.69. The van der Waals surface area contributed by atoms with E-state index in [1.807, 2.05) is 36.8 Å². The van der Waals surface area contributed by atoms with Crippen LogP contribution in [0.3, 0.4) is 0 Å². The molecule has 0 atom stereocenters. The van der Waals surface area contributed by atoms with Crippen LogP contribution in [0.25, 0.3) is 0 Å². The lowest BCUT2D eigenvalue weighted by Gasteiger charge is -2.07. The molecule has 2 aromatic heterocycles. The zero-order valence-electron chi connectivity index (χ0n) is 10.7. The molecule has 94 valence electrons. The summed E-state index contributed by atoms with van der Waals surface area (Å²) in [5.74, 6) is 0.641. The van der Waals surface area contributed by atoms with E-state index in [-0.39, 0.29) is 0 Å². The molecule has 0 fully saturated rings. The highest BCUT2D eigenvalue weighted by atomic mass is 16.5. The van der Waals surface area contributed by atoms with Crippen LogP contribution in [-0.2, 0) is 13.1 Å². The number of hydrogen-bond donors (Lipinski definition) is 1. The molecule has 0 saturated heterocycles.